The third-order valence-electron chi connectivity index (χ3n) is 4.54. The van der Waals surface area contributed by atoms with E-state index in [4.69, 9.17) is 9.47 Å². The lowest BCUT2D eigenvalue weighted by Gasteiger charge is -2.26. The average Bonchev–Trinajstić information content (AvgIpc) is 3.18. The van der Waals surface area contributed by atoms with Crippen LogP contribution < -0.4 is 4.74 Å². The summed E-state index contributed by atoms with van der Waals surface area (Å²) in [5.74, 6) is 1.22. The summed E-state index contributed by atoms with van der Waals surface area (Å²) in [6, 6.07) is 3.92. The molecule has 1 aromatic heterocycles. The van der Waals surface area contributed by atoms with Gasteiger partial charge in [-0.25, -0.2) is 4.98 Å². The second-order valence-electron chi connectivity index (χ2n) is 6.91. The maximum Gasteiger partial charge on any atom is 0.254 e. The van der Waals surface area contributed by atoms with Gasteiger partial charge in [0.25, 0.3) is 5.91 Å². The van der Waals surface area contributed by atoms with Crippen LogP contribution in [0.25, 0.3) is 0 Å². The van der Waals surface area contributed by atoms with Crippen LogP contribution in [0.2, 0.25) is 0 Å². The van der Waals surface area contributed by atoms with Crippen molar-refractivity contribution in [3.63, 3.8) is 0 Å². The molecule has 2 saturated heterocycles. The van der Waals surface area contributed by atoms with Gasteiger partial charge in [0.15, 0.2) is 0 Å². The molecule has 5 heteroatoms. The van der Waals surface area contributed by atoms with Crippen LogP contribution in [0.5, 0.6) is 5.88 Å². The number of hydrogen-bond donors (Lipinski definition) is 0. The predicted molar refractivity (Wildman–Crippen MR) is 87.6 cm³/mol. The van der Waals surface area contributed by atoms with Gasteiger partial charge in [0.05, 0.1) is 13.2 Å². The first kappa shape index (κ1) is 16.2. The Balaban J connectivity index is 1.68. The number of rotatable bonds is 5. The predicted octanol–water partition coefficient (Wildman–Crippen LogP) is 2.90. The van der Waals surface area contributed by atoms with E-state index in [1.54, 1.807) is 18.3 Å². The van der Waals surface area contributed by atoms with Crippen molar-refractivity contribution >= 4 is 5.91 Å². The van der Waals surface area contributed by atoms with Crippen molar-refractivity contribution in [2.45, 2.75) is 51.7 Å². The molecule has 5 nitrogen and oxygen atoms in total. The van der Waals surface area contributed by atoms with E-state index < -0.39 is 0 Å². The quantitative estimate of drug-likeness (QED) is 0.837. The fourth-order valence-electron chi connectivity index (χ4n) is 3.44. The molecule has 2 atom stereocenters. The first-order valence-corrected chi connectivity index (χ1v) is 8.65. The Bertz CT molecular complexity index is 541. The Hall–Kier alpha value is -1.62. The van der Waals surface area contributed by atoms with Gasteiger partial charge in [-0.3, -0.25) is 4.79 Å². The lowest BCUT2D eigenvalue weighted by atomic mass is 10.0. The largest absolute Gasteiger partial charge is 0.472 e. The van der Waals surface area contributed by atoms with E-state index in [0.29, 0.717) is 30.0 Å². The van der Waals surface area contributed by atoms with Crippen molar-refractivity contribution in [2.75, 3.05) is 19.8 Å². The van der Waals surface area contributed by atoms with E-state index >= 15 is 0 Å². The summed E-state index contributed by atoms with van der Waals surface area (Å²) in [6.07, 6.45) is 5.86. The van der Waals surface area contributed by atoms with Crippen molar-refractivity contribution in [2.24, 2.45) is 5.92 Å². The molecular formula is C18H26N2O3. The maximum absolute atomic E-state index is 12.8. The molecule has 23 heavy (non-hydrogen) atoms. The van der Waals surface area contributed by atoms with E-state index in [2.05, 4.69) is 18.8 Å². The molecule has 1 amide bonds. The monoisotopic (exact) mass is 318 g/mol. The van der Waals surface area contributed by atoms with E-state index in [1.807, 2.05) is 4.90 Å². The van der Waals surface area contributed by atoms with Gasteiger partial charge in [0.2, 0.25) is 5.88 Å². The molecule has 0 spiro atoms. The Labute approximate surface area is 138 Å². The second kappa shape index (κ2) is 7.30. The third-order valence-corrected chi connectivity index (χ3v) is 4.54. The second-order valence-corrected chi connectivity index (χ2v) is 6.91. The lowest BCUT2D eigenvalue weighted by molar-refractivity contribution is 0.0720. The number of nitrogens with zero attached hydrogens (tertiary/aromatic N) is 2. The molecule has 3 heterocycles. The van der Waals surface area contributed by atoms with Crippen molar-refractivity contribution in [3.8, 4) is 5.88 Å². The molecule has 0 bridgehead atoms. The molecule has 0 saturated carbocycles. The number of pyridine rings is 1. The van der Waals surface area contributed by atoms with E-state index in [1.165, 1.54) is 0 Å². The highest BCUT2D eigenvalue weighted by Gasteiger charge is 2.30. The summed E-state index contributed by atoms with van der Waals surface area (Å²) in [4.78, 5) is 19.1. The number of ether oxygens (including phenoxy) is 2. The number of aromatic nitrogens is 1. The zero-order valence-electron chi connectivity index (χ0n) is 14.0. The van der Waals surface area contributed by atoms with Gasteiger partial charge in [-0.15, -0.1) is 0 Å². The molecule has 0 N–H and O–H groups in total. The number of carbonyl (C=O) groups is 1. The Morgan fingerprint density at radius 2 is 2.35 bits per heavy atom. The zero-order chi connectivity index (χ0) is 16.2. The lowest BCUT2D eigenvalue weighted by Crippen LogP contribution is -2.36. The third kappa shape index (κ3) is 4.02. The minimum absolute atomic E-state index is 0.0494. The van der Waals surface area contributed by atoms with Crippen LogP contribution in [-0.4, -0.2) is 47.7 Å². The van der Waals surface area contributed by atoms with Crippen LogP contribution in [0.4, 0.5) is 0 Å². The van der Waals surface area contributed by atoms with E-state index in [9.17, 15) is 4.79 Å². The average molecular weight is 318 g/mol. The standard InChI is InChI=1S/C18H26N2O3/c1-13(2)10-15-4-3-8-20(15)18(21)14-5-7-19-17(11-14)23-16-6-9-22-12-16/h5,7,11,13,15-16H,3-4,6,8-10,12H2,1-2H3/t15-,16-/m1/s1. The molecule has 3 rings (SSSR count). The molecule has 2 aliphatic heterocycles. The van der Waals surface area contributed by atoms with Gasteiger partial charge in [0.1, 0.15) is 6.10 Å². The molecular weight excluding hydrogens is 292 g/mol. The van der Waals surface area contributed by atoms with Crippen LogP contribution in [0.1, 0.15) is 49.9 Å². The van der Waals surface area contributed by atoms with Gasteiger partial charge >= 0.3 is 0 Å². The normalized spacial score (nSPS) is 24.4. The zero-order valence-corrected chi connectivity index (χ0v) is 14.0. The number of amides is 1. The summed E-state index contributed by atoms with van der Waals surface area (Å²) in [7, 11) is 0. The number of likely N-dealkylation sites (tertiary alicyclic amines) is 1. The smallest absolute Gasteiger partial charge is 0.254 e. The Morgan fingerprint density at radius 1 is 1.48 bits per heavy atom. The van der Waals surface area contributed by atoms with Gasteiger partial charge in [-0.2, -0.15) is 0 Å². The first-order valence-electron chi connectivity index (χ1n) is 8.65. The van der Waals surface area contributed by atoms with E-state index in [-0.39, 0.29) is 12.0 Å². The summed E-state index contributed by atoms with van der Waals surface area (Å²) in [5.41, 5.74) is 0.671. The van der Waals surface area contributed by atoms with Gasteiger partial charge in [-0.05, 0) is 31.2 Å². The highest BCUT2D eigenvalue weighted by molar-refractivity contribution is 5.94. The molecule has 126 valence electrons. The van der Waals surface area contributed by atoms with Crippen molar-refractivity contribution in [3.05, 3.63) is 23.9 Å². The topological polar surface area (TPSA) is 51.7 Å². The first-order chi connectivity index (χ1) is 11.1. The molecule has 0 unspecified atom stereocenters. The maximum atomic E-state index is 12.8. The van der Waals surface area contributed by atoms with Crippen molar-refractivity contribution in [1.29, 1.82) is 0 Å². The minimum atomic E-state index is 0.0494. The summed E-state index contributed by atoms with van der Waals surface area (Å²) in [6.45, 7) is 6.60. The van der Waals surface area contributed by atoms with Crippen LogP contribution in [0, 0.1) is 5.92 Å². The van der Waals surface area contributed by atoms with Gasteiger partial charge in [-0.1, -0.05) is 13.8 Å². The summed E-state index contributed by atoms with van der Waals surface area (Å²) < 4.78 is 11.1. The molecule has 0 radical (unpaired) electrons. The highest BCUT2D eigenvalue weighted by Crippen LogP contribution is 2.26. The molecule has 0 aliphatic carbocycles. The van der Waals surface area contributed by atoms with Crippen LogP contribution in [0.15, 0.2) is 18.3 Å². The summed E-state index contributed by atoms with van der Waals surface area (Å²) >= 11 is 0. The number of hydrogen-bond acceptors (Lipinski definition) is 4. The Kier molecular flexibility index (Phi) is 5.16. The SMILES string of the molecule is CC(C)C[C@H]1CCCN1C(=O)c1ccnc(O[C@@H]2CCOC2)c1. The van der Waals surface area contributed by atoms with Crippen LogP contribution in [-0.2, 0) is 4.74 Å². The van der Waals surface area contributed by atoms with Crippen LogP contribution in [0.3, 0.4) is 0 Å². The fourth-order valence-corrected chi connectivity index (χ4v) is 3.44. The molecule has 2 fully saturated rings. The van der Waals surface area contributed by atoms with Gasteiger partial charge < -0.3 is 14.4 Å². The molecule has 1 aromatic rings. The fraction of sp³-hybridized carbons (Fsp3) is 0.667. The minimum Gasteiger partial charge on any atom is -0.472 e. The van der Waals surface area contributed by atoms with E-state index in [0.717, 1.165) is 38.8 Å². The number of carbonyl (C=O) groups excluding carboxylic acids is 1. The molecule has 0 aromatic carbocycles. The highest BCUT2D eigenvalue weighted by atomic mass is 16.5. The van der Waals surface area contributed by atoms with Gasteiger partial charge in [0, 0.05) is 36.8 Å². The van der Waals surface area contributed by atoms with Crippen LogP contribution >= 0.6 is 0 Å². The Morgan fingerprint density at radius 3 is 3.09 bits per heavy atom. The van der Waals surface area contributed by atoms with Crippen molar-refractivity contribution in [1.82, 2.24) is 9.88 Å². The van der Waals surface area contributed by atoms with Crippen molar-refractivity contribution < 1.29 is 14.3 Å². The molecule has 2 aliphatic rings. The summed E-state index contributed by atoms with van der Waals surface area (Å²) in [5, 5.41) is 0.